The minimum absolute atomic E-state index is 0.0172. The van der Waals surface area contributed by atoms with Gasteiger partial charge in [0.2, 0.25) is 0 Å². The number of aryl methyl sites for hydroxylation is 1. The van der Waals surface area contributed by atoms with Crippen molar-refractivity contribution in [2.24, 2.45) is 5.41 Å². The number of likely N-dealkylation sites (tertiary alicyclic amines) is 1. The van der Waals surface area contributed by atoms with Gasteiger partial charge in [-0.15, -0.1) is 0 Å². The number of hydrogen-bond acceptors (Lipinski definition) is 2. The summed E-state index contributed by atoms with van der Waals surface area (Å²) in [5.74, 6) is -1.81. The molecule has 2 rings (SSSR count). The molecule has 0 atom stereocenters. The van der Waals surface area contributed by atoms with Gasteiger partial charge in [-0.05, 0) is 24.8 Å². The highest BCUT2D eigenvalue weighted by Crippen LogP contribution is 2.37. The maximum Gasteiger partial charge on any atom is 0.471 e. The smallest absolute Gasteiger partial charge is 0.396 e. The van der Waals surface area contributed by atoms with Crippen LogP contribution in [0.5, 0.6) is 0 Å². The van der Waals surface area contributed by atoms with Crippen molar-refractivity contribution in [3.63, 3.8) is 0 Å². The Bertz CT molecular complexity index is 481. The van der Waals surface area contributed by atoms with Gasteiger partial charge < -0.3 is 10.0 Å². The van der Waals surface area contributed by atoms with Crippen molar-refractivity contribution in [3.05, 3.63) is 35.9 Å². The zero-order chi connectivity index (χ0) is 15.5. The lowest BCUT2D eigenvalue weighted by molar-refractivity contribution is -0.198. The molecule has 21 heavy (non-hydrogen) atoms. The lowest BCUT2D eigenvalue weighted by Gasteiger charge is -2.49. The van der Waals surface area contributed by atoms with Crippen LogP contribution in [-0.2, 0) is 11.2 Å². The third-order valence-electron chi connectivity index (χ3n) is 3.93. The molecule has 0 aliphatic carbocycles. The first-order valence-corrected chi connectivity index (χ1v) is 6.87. The number of carbonyl (C=O) groups is 1. The van der Waals surface area contributed by atoms with Gasteiger partial charge in [0.15, 0.2) is 0 Å². The Morgan fingerprint density at radius 2 is 1.86 bits per heavy atom. The SMILES string of the molecule is O=C(N1CC(CO)(CCCc2ccccc2)C1)C(F)(F)F. The first-order valence-electron chi connectivity index (χ1n) is 6.87. The van der Waals surface area contributed by atoms with Gasteiger partial charge in [0.1, 0.15) is 0 Å². The van der Waals surface area contributed by atoms with E-state index in [2.05, 4.69) is 0 Å². The molecule has 0 saturated carbocycles. The maximum absolute atomic E-state index is 12.3. The van der Waals surface area contributed by atoms with Crippen LogP contribution in [0.1, 0.15) is 18.4 Å². The summed E-state index contributed by atoms with van der Waals surface area (Å²) in [6.07, 6.45) is -2.62. The molecule has 116 valence electrons. The molecule has 0 radical (unpaired) electrons. The van der Waals surface area contributed by atoms with Crippen molar-refractivity contribution in [1.82, 2.24) is 4.90 Å². The van der Waals surface area contributed by atoms with Crippen molar-refractivity contribution >= 4 is 5.91 Å². The molecule has 0 bridgehead atoms. The fourth-order valence-electron chi connectivity index (χ4n) is 2.74. The number of alkyl halides is 3. The highest BCUT2D eigenvalue weighted by Gasteiger charge is 2.51. The third kappa shape index (κ3) is 3.75. The molecule has 1 fully saturated rings. The summed E-state index contributed by atoms with van der Waals surface area (Å²) in [5, 5.41) is 9.42. The van der Waals surface area contributed by atoms with Crippen LogP contribution in [0.2, 0.25) is 0 Å². The molecule has 0 spiro atoms. The summed E-state index contributed by atoms with van der Waals surface area (Å²) in [6.45, 7) is -0.226. The second-order valence-electron chi connectivity index (χ2n) is 5.66. The first-order chi connectivity index (χ1) is 9.86. The van der Waals surface area contributed by atoms with Gasteiger partial charge in [0.25, 0.3) is 0 Å². The number of hydrogen-bond donors (Lipinski definition) is 1. The minimum atomic E-state index is -4.83. The number of halogens is 3. The van der Waals surface area contributed by atoms with Gasteiger partial charge in [-0.1, -0.05) is 30.3 Å². The van der Waals surface area contributed by atoms with Crippen LogP contribution in [0.4, 0.5) is 13.2 Å². The predicted octanol–water partition coefficient (Wildman–Crippen LogP) is 2.39. The molecule has 1 saturated heterocycles. The van der Waals surface area contributed by atoms with Crippen molar-refractivity contribution in [2.45, 2.75) is 25.4 Å². The molecular formula is C15H18F3NO2. The van der Waals surface area contributed by atoms with E-state index in [4.69, 9.17) is 0 Å². The van der Waals surface area contributed by atoms with Gasteiger partial charge >= 0.3 is 12.1 Å². The monoisotopic (exact) mass is 301 g/mol. The Morgan fingerprint density at radius 3 is 2.38 bits per heavy atom. The van der Waals surface area contributed by atoms with E-state index in [1.807, 2.05) is 30.3 Å². The fourth-order valence-corrected chi connectivity index (χ4v) is 2.74. The number of carbonyl (C=O) groups excluding carboxylic acids is 1. The van der Waals surface area contributed by atoms with Crippen LogP contribution < -0.4 is 0 Å². The highest BCUT2D eigenvalue weighted by molar-refractivity contribution is 5.82. The largest absolute Gasteiger partial charge is 0.471 e. The number of amides is 1. The molecule has 0 unspecified atom stereocenters. The van der Waals surface area contributed by atoms with E-state index >= 15 is 0 Å². The van der Waals surface area contributed by atoms with Crippen molar-refractivity contribution in [2.75, 3.05) is 19.7 Å². The van der Waals surface area contributed by atoms with Crippen LogP contribution in [0.25, 0.3) is 0 Å². The second kappa shape index (κ2) is 6.05. The molecule has 1 heterocycles. The van der Waals surface area contributed by atoms with Crippen LogP contribution in [0.3, 0.4) is 0 Å². The zero-order valence-corrected chi connectivity index (χ0v) is 11.6. The minimum Gasteiger partial charge on any atom is -0.396 e. The molecular weight excluding hydrogens is 283 g/mol. The van der Waals surface area contributed by atoms with E-state index in [-0.39, 0.29) is 19.7 Å². The van der Waals surface area contributed by atoms with Crippen LogP contribution in [-0.4, -0.2) is 41.8 Å². The van der Waals surface area contributed by atoms with Gasteiger partial charge in [-0.25, -0.2) is 0 Å². The molecule has 1 aromatic rings. The number of benzene rings is 1. The number of aliphatic hydroxyl groups is 1. The lowest BCUT2D eigenvalue weighted by atomic mass is 9.76. The molecule has 1 aromatic carbocycles. The van der Waals surface area contributed by atoms with Crippen LogP contribution in [0, 0.1) is 5.41 Å². The van der Waals surface area contributed by atoms with Crippen molar-refractivity contribution in [3.8, 4) is 0 Å². The van der Waals surface area contributed by atoms with Gasteiger partial charge in [0, 0.05) is 18.5 Å². The standard InChI is InChI=1S/C15H18F3NO2/c16-15(17,18)13(21)19-9-14(10-19,11-20)8-4-7-12-5-2-1-3-6-12/h1-3,5-6,20H,4,7-11H2. The summed E-state index contributed by atoms with van der Waals surface area (Å²) in [6, 6.07) is 9.78. The van der Waals surface area contributed by atoms with E-state index in [0.29, 0.717) is 6.42 Å². The zero-order valence-electron chi connectivity index (χ0n) is 11.6. The summed E-state index contributed by atoms with van der Waals surface area (Å²) in [7, 11) is 0. The number of rotatable bonds is 5. The van der Waals surface area contributed by atoms with E-state index in [0.717, 1.165) is 23.3 Å². The van der Waals surface area contributed by atoms with Crippen molar-refractivity contribution < 1.29 is 23.1 Å². The average Bonchev–Trinajstić information content (AvgIpc) is 2.41. The predicted molar refractivity (Wildman–Crippen MR) is 71.5 cm³/mol. The Balaban J connectivity index is 1.81. The number of nitrogens with zero attached hydrogens (tertiary/aromatic N) is 1. The van der Waals surface area contributed by atoms with E-state index < -0.39 is 17.5 Å². The number of aliphatic hydroxyl groups excluding tert-OH is 1. The highest BCUT2D eigenvalue weighted by atomic mass is 19.4. The molecule has 1 aliphatic heterocycles. The lowest BCUT2D eigenvalue weighted by Crippen LogP contribution is -2.62. The molecule has 1 aliphatic rings. The van der Waals surface area contributed by atoms with Gasteiger partial charge in [-0.2, -0.15) is 13.2 Å². The summed E-state index contributed by atoms with van der Waals surface area (Å²) in [4.78, 5) is 11.8. The average molecular weight is 301 g/mol. The quantitative estimate of drug-likeness (QED) is 0.907. The first kappa shape index (κ1) is 15.8. The Morgan fingerprint density at radius 1 is 1.24 bits per heavy atom. The Hall–Kier alpha value is -1.56. The topological polar surface area (TPSA) is 40.5 Å². The van der Waals surface area contributed by atoms with Gasteiger partial charge in [-0.3, -0.25) is 4.79 Å². The summed E-state index contributed by atoms with van der Waals surface area (Å²) >= 11 is 0. The molecule has 3 nitrogen and oxygen atoms in total. The van der Waals surface area contributed by atoms with Crippen molar-refractivity contribution in [1.29, 1.82) is 0 Å². The molecule has 1 N–H and O–H groups in total. The molecule has 6 heteroatoms. The van der Waals surface area contributed by atoms with E-state index in [1.54, 1.807) is 0 Å². The normalized spacial score (nSPS) is 17.4. The van der Waals surface area contributed by atoms with Crippen LogP contribution in [0.15, 0.2) is 30.3 Å². The maximum atomic E-state index is 12.3. The fraction of sp³-hybridized carbons (Fsp3) is 0.533. The third-order valence-corrected chi connectivity index (χ3v) is 3.93. The Labute approximate surface area is 121 Å². The summed E-state index contributed by atoms with van der Waals surface area (Å²) in [5.41, 5.74) is 0.587. The van der Waals surface area contributed by atoms with Gasteiger partial charge in [0.05, 0.1) is 6.61 Å². The molecule has 1 amide bonds. The van der Waals surface area contributed by atoms with Crippen LogP contribution >= 0.6 is 0 Å². The summed E-state index contributed by atoms with van der Waals surface area (Å²) < 4.78 is 36.9. The van der Waals surface area contributed by atoms with E-state index in [1.165, 1.54) is 0 Å². The Kier molecular flexibility index (Phi) is 4.56. The molecule has 0 aromatic heterocycles. The van der Waals surface area contributed by atoms with E-state index in [9.17, 15) is 23.1 Å². The second-order valence-corrected chi connectivity index (χ2v) is 5.66.